The summed E-state index contributed by atoms with van der Waals surface area (Å²) in [5.41, 5.74) is 1.22. The number of amides is 2. The minimum absolute atomic E-state index is 0.139. The van der Waals surface area contributed by atoms with Gasteiger partial charge in [0.25, 0.3) is 0 Å². The monoisotopic (exact) mass is 286 g/mol. The molecule has 1 rings (SSSR count). The van der Waals surface area contributed by atoms with E-state index >= 15 is 0 Å². The van der Waals surface area contributed by atoms with Crippen LogP contribution in [0.3, 0.4) is 0 Å². The number of hydrogen-bond acceptors (Lipinski definition) is 5. The number of nitrogens with one attached hydrogen (secondary N) is 2. The van der Waals surface area contributed by atoms with Crippen molar-refractivity contribution in [3.63, 3.8) is 0 Å². The highest BCUT2D eigenvalue weighted by Gasteiger charge is 2.47. The van der Waals surface area contributed by atoms with Crippen molar-refractivity contribution in [2.24, 2.45) is 5.84 Å². The van der Waals surface area contributed by atoms with Crippen molar-refractivity contribution in [3.05, 3.63) is 0 Å². The van der Waals surface area contributed by atoms with Gasteiger partial charge in [-0.15, -0.1) is 0 Å². The first-order valence-electron chi connectivity index (χ1n) is 6.80. The van der Waals surface area contributed by atoms with Gasteiger partial charge >= 0.3 is 11.8 Å². The summed E-state index contributed by atoms with van der Waals surface area (Å²) in [7, 11) is 0. The van der Waals surface area contributed by atoms with Crippen LogP contribution in [0, 0.1) is 0 Å². The van der Waals surface area contributed by atoms with Crippen LogP contribution in [-0.2, 0) is 9.59 Å². The molecule has 0 radical (unpaired) electrons. The third-order valence-electron chi connectivity index (χ3n) is 3.84. The highest BCUT2D eigenvalue weighted by molar-refractivity contribution is 6.34. The highest BCUT2D eigenvalue weighted by Crippen LogP contribution is 2.39. The first kappa shape index (κ1) is 16.9. The topological polar surface area (TPSA) is 108 Å². The molecule has 1 heterocycles. The lowest BCUT2D eigenvalue weighted by molar-refractivity contribution is -0.146. The van der Waals surface area contributed by atoms with Crippen molar-refractivity contribution in [3.8, 4) is 0 Å². The van der Waals surface area contributed by atoms with Crippen LogP contribution in [0.15, 0.2) is 0 Å². The van der Waals surface area contributed by atoms with Crippen LogP contribution in [0.2, 0.25) is 0 Å². The van der Waals surface area contributed by atoms with E-state index in [0.717, 1.165) is 0 Å². The van der Waals surface area contributed by atoms with Crippen LogP contribution in [0.1, 0.15) is 47.5 Å². The molecule has 1 aliphatic heterocycles. The predicted molar refractivity (Wildman–Crippen MR) is 75.2 cm³/mol. The van der Waals surface area contributed by atoms with Crippen LogP contribution in [0.5, 0.6) is 0 Å². The molecule has 0 aromatic rings. The second kappa shape index (κ2) is 5.67. The molecule has 0 aromatic carbocycles. The van der Waals surface area contributed by atoms with E-state index < -0.39 is 18.0 Å². The first-order valence-corrected chi connectivity index (χ1v) is 6.80. The number of hydrogen-bond donors (Lipinski definition) is 4. The Morgan fingerprint density at radius 3 is 2.00 bits per heavy atom. The largest absolute Gasteiger partial charge is 0.379 e. The zero-order valence-electron chi connectivity index (χ0n) is 12.9. The molecule has 1 saturated heterocycles. The van der Waals surface area contributed by atoms with Crippen molar-refractivity contribution < 1.29 is 14.7 Å². The predicted octanol–water partition coefficient (Wildman–Crippen LogP) is -0.548. The van der Waals surface area contributed by atoms with Crippen LogP contribution < -0.4 is 16.6 Å². The number of nitrogens with zero attached hydrogens (tertiary/aromatic N) is 1. The van der Waals surface area contributed by atoms with Gasteiger partial charge in [0.1, 0.15) is 6.23 Å². The van der Waals surface area contributed by atoms with Crippen LogP contribution in [-0.4, -0.2) is 45.2 Å². The van der Waals surface area contributed by atoms with Gasteiger partial charge < -0.3 is 10.4 Å². The van der Waals surface area contributed by atoms with Gasteiger partial charge in [-0.1, -0.05) is 0 Å². The quantitative estimate of drug-likeness (QED) is 0.236. The van der Waals surface area contributed by atoms with Crippen molar-refractivity contribution in [2.75, 3.05) is 0 Å². The maximum atomic E-state index is 11.6. The molecule has 1 atom stereocenters. The van der Waals surface area contributed by atoms with E-state index in [9.17, 15) is 14.7 Å². The Labute approximate surface area is 119 Å². The van der Waals surface area contributed by atoms with Gasteiger partial charge in [0, 0.05) is 17.1 Å². The highest BCUT2D eigenvalue weighted by atomic mass is 16.3. The Morgan fingerprint density at radius 1 is 1.20 bits per heavy atom. The summed E-state index contributed by atoms with van der Waals surface area (Å²) in [6.07, 6.45) is 0.708. The molecular weight excluding hydrogens is 260 g/mol. The van der Waals surface area contributed by atoms with Crippen molar-refractivity contribution in [2.45, 2.75) is 70.8 Å². The third-order valence-corrected chi connectivity index (χ3v) is 3.84. The van der Waals surface area contributed by atoms with Gasteiger partial charge in [-0.3, -0.25) is 19.9 Å². The Balaban J connectivity index is 2.87. The van der Waals surface area contributed by atoms with Gasteiger partial charge in [-0.05, 0) is 47.5 Å². The van der Waals surface area contributed by atoms with E-state index in [1.54, 1.807) is 6.92 Å². The Bertz CT molecular complexity index is 375. The number of aliphatic hydroxyl groups is 1. The summed E-state index contributed by atoms with van der Waals surface area (Å²) >= 11 is 0. The lowest BCUT2D eigenvalue weighted by Crippen LogP contribution is -2.67. The molecule has 1 unspecified atom stereocenters. The molecule has 116 valence electrons. The van der Waals surface area contributed by atoms with Gasteiger partial charge in [0.05, 0.1) is 0 Å². The number of aliphatic hydroxyl groups excluding tert-OH is 1. The molecule has 5 N–H and O–H groups in total. The van der Waals surface area contributed by atoms with Crippen LogP contribution >= 0.6 is 0 Å². The molecule has 2 amide bonds. The number of likely N-dealkylation sites (tertiary alicyclic amines) is 1. The number of nitrogens with two attached hydrogens (primary N) is 1. The SMILES string of the molecule is CC(O)N1C(C)(C)CC(NC(=O)C(=O)NN)CC1(C)C. The van der Waals surface area contributed by atoms with Crippen LogP contribution in [0.4, 0.5) is 0 Å². The van der Waals surface area contributed by atoms with Crippen molar-refractivity contribution in [1.82, 2.24) is 15.6 Å². The molecule has 1 fully saturated rings. The normalized spacial score (nSPS) is 23.9. The summed E-state index contributed by atoms with van der Waals surface area (Å²) in [5.74, 6) is 3.37. The number of carbonyl (C=O) groups excluding carboxylic acids is 2. The fourth-order valence-electron chi connectivity index (χ4n) is 3.72. The number of hydrazine groups is 1. The molecule has 7 heteroatoms. The second-order valence-electron chi connectivity index (χ2n) is 6.68. The Morgan fingerprint density at radius 2 is 1.65 bits per heavy atom. The minimum Gasteiger partial charge on any atom is -0.379 e. The summed E-state index contributed by atoms with van der Waals surface area (Å²) in [5, 5.41) is 12.7. The van der Waals surface area contributed by atoms with E-state index in [2.05, 4.69) is 5.32 Å². The second-order valence-corrected chi connectivity index (χ2v) is 6.68. The summed E-state index contributed by atoms with van der Waals surface area (Å²) in [6, 6.07) is -0.139. The minimum atomic E-state index is -0.849. The summed E-state index contributed by atoms with van der Waals surface area (Å²) in [4.78, 5) is 24.8. The van der Waals surface area contributed by atoms with E-state index in [-0.39, 0.29) is 17.1 Å². The average Bonchev–Trinajstić information content (AvgIpc) is 2.23. The van der Waals surface area contributed by atoms with E-state index in [0.29, 0.717) is 12.8 Å². The molecule has 1 aliphatic rings. The maximum absolute atomic E-state index is 11.6. The molecule has 0 bridgehead atoms. The van der Waals surface area contributed by atoms with E-state index in [1.165, 1.54) is 0 Å². The molecule has 0 aromatic heterocycles. The number of carbonyl (C=O) groups is 2. The van der Waals surface area contributed by atoms with E-state index in [4.69, 9.17) is 5.84 Å². The molecule has 7 nitrogen and oxygen atoms in total. The van der Waals surface area contributed by atoms with Crippen LogP contribution in [0.25, 0.3) is 0 Å². The zero-order valence-corrected chi connectivity index (χ0v) is 12.9. The molecule has 0 spiro atoms. The molecule has 0 aliphatic carbocycles. The molecule has 0 saturated carbocycles. The molecule has 20 heavy (non-hydrogen) atoms. The van der Waals surface area contributed by atoms with E-state index in [1.807, 2.05) is 38.0 Å². The van der Waals surface area contributed by atoms with Gasteiger partial charge in [-0.25, -0.2) is 5.84 Å². The Hall–Kier alpha value is -1.18. The molecular formula is C13H26N4O3. The zero-order chi connectivity index (χ0) is 15.7. The number of rotatable bonds is 2. The third kappa shape index (κ3) is 3.47. The standard InChI is InChI=1S/C13H26N4O3/c1-8(18)17-12(2,3)6-9(7-13(17,4)5)15-10(19)11(20)16-14/h8-9,18H,6-7,14H2,1-5H3,(H,15,19)(H,16,20). The smallest absolute Gasteiger partial charge is 0.323 e. The van der Waals surface area contributed by atoms with Gasteiger partial charge in [0.2, 0.25) is 0 Å². The lowest BCUT2D eigenvalue weighted by Gasteiger charge is -2.56. The average molecular weight is 286 g/mol. The van der Waals surface area contributed by atoms with Gasteiger partial charge in [0.15, 0.2) is 0 Å². The first-order chi connectivity index (χ1) is 9.01. The Kier molecular flexibility index (Phi) is 4.78. The van der Waals surface area contributed by atoms with Crippen molar-refractivity contribution in [1.29, 1.82) is 0 Å². The lowest BCUT2D eigenvalue weighted by atomic mass is 9.76. The van der Waals surface area contributed by atoms with Crippen molar-refractivity contribution >= 4 is 11.8 Å². The fourth-order valence-corrected chi connectivity index (χ4v) is 3.72. The number of piperidine rings is 1. The van der Waals surface area contributed by atoms with Gasteiger partial charge in [-0.2, -0.15) is 0 Å². The summed E-state index contributed by atoms with van der Waals surface area (Å²) < 4.78 is 0. The fraction of sp³-hybridized carbons (Fsp3) is 0.846. The summed E-state index contributed by atoms with van der Waals surface area (Å²) in [6.45, 7) is 9.81. The maximum Gasteiger partial charge on any atom is 0.323 e.